The number of hydrogen-bond donors (Lipinski definition) is 0. The third kappa shape index (κ3) is 9.03. The number of sulfone groups is 1. The van der Waals surface area contributed by atoms with Crippen LogP contribution in [0.3, 0.4) is 0 Å². The Hall–Kier alpha value is -1.82. The van der Waals surface area contributed by atoms with Crippen LogP contribution in [-0.4, -0.2) is 44.2 Å². The molecule has 1 rings (SSSR count). The molecule has 0 fully saturated rings. The normalized spacial score (nSPS) is 12.8. The van der Waals surface area contributed by atoms with Crippen LogP contribution in [0.1, 0.15) is 65.7 Å². The number of unbranched alkanes of at least 4 members (excludes halogenated alkanes) is 5. The van der Waals surface area contributed by atoms with Gasteiger partial charge in [-0.25, -0.2) is 8.42 Å². The van der Waals surface area contributed by atoms with Gasteiger partial charge in [-0.2, -0.15) is 0 Å². The van der Waals surface area contributed by atoms with Gasteiger partial charge in [0.15, 0.2) is 15.1 Å². The standard InChI is InChI=1S/C23H37NO4S/c1-4-7-8-9-10-14-20-28-23(25)22(18-15-19-24(5-2)6-3)29(26,27)21-16-12-11-13-17-21/h11-13,15-17,19,22H,4-10,14,18,20H2,1-3H3/b19-15+. The van der Waals surface area contributed by atoms with Gasteiger partial charge in [0, 0.05) is 13.1 Å². The molecule has 0 N–H and O–H groups in total. The Labute approximate surface area is 177 Å². The predicted molar refractivity (Wildman–Crippen MR) is 118 cm³/mol. The van der Waals surface area contributed by atoms with Crippen LogP contribution in [0.15, 0.2) is 47.5 Å². The van der Waals surface area contributed by atoms with E-state index in [1.54, 1.807) is 24.3 Å². The number of carbonyl (C=O) groups is 1. The van der Waals surface area contributed by atoms with Crippen molar-refractivity contribution in [2.24, 2.45) is 0 Å². The largest absolute Gasteiger partial charge is 0.465 e. The summed E-state index contributed by atoms with van der Waals surface area (Å²) in [5.41, 5.74) is 0. The second-order valence-electron chi connectivity index (χ2n) is 7.12. The molecule has 6 heteroatoms. The van der Waals surface area contributed by atoms with E-state index in [2.05, 4.69) is 6.92 Å². The van der Waals surface area contributed by atoms with Crippen molar-refractivity contribution in [3.05, 3.63) is 42.6 Å². The molecular formula is C23H37NO4S. The Balaban J connectivity index is 2.78. The second kappa shape index (κ2) is 14.2. The lowest BCUT2D eigenvalue weighted by Gasteiger charge is -2.17. The zero-order valence-corrected chi connectivity index (χ0v) is 19.0. The smallest absolute Gasteiger partial charge is 0.325 e. The fraction of sp³-hybridized carbons (Fsp3) is 0.609. The maximum atomic E-state index is 13.0. The Morgan fingerprint density at radius 1 is 1.00 bits per heavy atom. The Bertz CT molecular complexity index is 697. The van der Waals surface area contributed by atoms with E-state index in [0.29, 0.717) is 0 Å². The highest BCUT2D eigenvalue weighted by atomic mass is 32.2. The SMILES string of the molecule is CCCCCCCCOC(=O)C(C/C=C/N(CC)CC)S(=O)(=O)c1ccccc1. The summed E-state index contributed by atoms with van der Waals surface area (Å²) in [4.78, 5) is 14.9. The molecule has 29 heavy (non-hydrogen) atoms. The van der Waals surface area contributed by atoms with Gasteiger partial charge in [-0.15, -0.1) is 0 Å². The highest BCUT2D eigenvalue weighted by Gasteiger charge is 2.34. The first-order chi connectivity index (χ1) is 14.0. The molecule has 0 amide bonds. The van der Waals surface area contributed by atoms with E-state index < -0.39 is 21.1 Å². The zero-order chi connectivity index (χ0) is 21.5. The molecule has 0 bridgehead atoms. The fourth-order valence-corrected chi connectivity index (χ4v) is 4.59. The van der Waals surface area contributed by atoms with Gasteiger partial charge in [0.05, 0.1) is 11.5 Å². The van der Waals surface area contributed by atoms with Crippen molar-refractivity contribution in [2.75, 3.05) is 19.7 Å². The fourth-order valence-electron chi connectivity index (χ4n) is 3.04. The van der Waals surface area contributed by atoms with E-state index in [0.717, 1.165) is 32.4 Å². The van der Waals surface area contributed by atoms with E-state index in [1.807, 2.05) is 24.9 Å². The van der Waals surface area contributed by atoms with Crippen molar-refractivity contribution < 1.29 is 17.9 Å². The number of allylic oxidation sites excluding steroid dienone is 1. The molecule has 0 aromatic heterocycles. The average molecular weight is 424 g/mol. The molecule has 0 aliphatic rings. The Morgan fingerprint density at radius 2 is 1.62 bits per heavy atom. The summed E-state index contributed by atoms with van der Waals surface area (Å²) in [5.74, 6) is -0.661. The number of carbonyl (C=O) groups excluding carboxylic acids is 1. The summed E-state index contributed by atoms with van der Waals surface area (Å²) in [6, 6.07) is 8.13. The lowest BCUT2D eigenvalue weighted by atomic mass is 10.1. The number of ether oxygens (including phenoxy) is 1. The maximum Gasteiger partial charge on any atom is 0.325 e. The molecule has 1 aromatic rings. The highest BCUT2D eigenvalue weighted by molar-refractivity contribution is 7.92. The first-order valence-electron chi connectivity index (χ1n) is 10.8. The number of benzene rings is 1. The third-order valence-electron chi connectivity index (χ3n) is 4.93. The number of nitrogens with zero attached hydrogens (tertiary/aromatic N) is 1. The van der Waals surface area contributed by atoms with Gasteiger partial charge in [0.25, 0.3) is 0 Å². The van der Waals surface area contributed by atoms with Gasteiger partial charge in [-0.1, -0.05) is 63.3 Å². The van der Waals surface area contributed by atoms with E-state index in [4.69, 9.17) is 4.74 Å². The van der Waals surface area contributed by atoms with Crippen LogP contribution in [0.25, 0.3) is 0 Å². The molecule has 0 saturated carbocycles. The maximum absolute atomic E-state index is 13.0. The predicted octanol–water partition coefficient (Wildman–Crippen LogP) is 4.98. The van der Waals surface area contributed by atoms with Gasteiger partial charge in [0.2, 0.25) is 0 Å². The molecule has 0 aliphatic carbocycles. The van der Waals surface area contributed by atoms with Crippen molar-refractivity contribution in [1.82, 2.24) is 4.90 Å². The summed E-state index contributed by atoms with van der Waals surface area (Å²) >= 11 is 0. The summed E-state index contributed by atoms with van der Waals surface area (Å²) in [6.07, 6.45) is 10.2. The molecule has 1 aromatic carbocycles. The number of esters is 1. The summed E-state index contributed by atoms with van der Waals surface area (Å²) in [5, 5.41) is -1.23. The quantitative estimate of drug-likeness (QED) is 0.294. The van der Waals surface area contributed by atoms with Crippen molar-refractivity contribution in [3.8, 4) is 0 Å². The van der Waals surface area contributed by atoms with Gasteiger partial charge >= 0.3 is 5.97 Å². The lowest BCUT2D eigenvalue weighted by molar-refractivity contribution is -0.143. The Kier molecular flexibility index (Phi) is 12.4. The summed E-state index contributed by atoms with van der Waals surface area (Å²) in [7, 11) is -3.81. The van der Waals surface area contributed by atoms with Gasteiger partial charge in [-0.3, -0.25) is 4.79 Å². The molecule has 0 spiro atoms. The zero-order valence-electron chi connectivity index (χ0n) is 18.2. The van der Waals surface area contributed by atoms with Gasteiger partial charge < -0.3 is 9.64 Å². The van der Waals surface area contributed by atoms with Crippen molar-refractivity contribution in [1.29, 1.82) is 0 Å². The first-order valence-corrected chi connectivity index (χ1v) is 12.4. The molecule has 1 atom stereocenters. The molecule has 164 valence electrons. The van der Waals surface area contributed by atoms with Crippen LogP contribution in [0, 0.1) is 0 Å². The minimum Gasteiger partial charge on any atom is -0.465 e. The van der Waals surface area contributed by atoms with E-state index in [-0.39, 0.29) is 17.9 Å². The molecule has 0 heterocycles. The number of rotatable bonds is 15. The van der Waals surface area contributed by atoms with Crippen molar-refractivity contribution >= 4 is 15.8 Å². The van der Waals surface area contributed by atoms with Crippen molar-refractivity contribution in [2.45, 2.75) is 75.9 Å². The van der Waals surface area contributed by atoms with Gasteiger partial charge in [0.1, 0.15) is 0 Å². The minimum atomic E-state index is -3.81. The molecule has 0 aliphatic heterocycles. The van der Waals surface area contributed by atoms with E-state index in [9.17, 15) is 13.2 Å². The van der Waals surface area contributed by atoms with Gasteiger partial charge in [-0.05, 0) is 45.0 Å². The molecule has 1 unspecified atom stereocenters. The van der Waals surface area contributed by atoms with E-state index >= 15 is 0 Å². The van der Waals surface area contributed by atoms with Crippen LogP contribution in [0.5, 0.6) is 0 Å². The van der Waals surface area contributed by atoms with E-state index in [1.165, 1.54) is 31.4 Å². The monoisotopic (exact) mass is 423 g/mol. The molecular weight excluding hydrogens is 386 g/mol. The Morgan fingerprint density at radius 3 is 2.24 bits per heavy atom. The summed E-state index contributed by atoms with van der Waals surface area (Å²) < 4.78 is 31.5. The minimum absolute atomic E-state index is 0.100. The third-order valence-corrected chi connectivity index (χ3v) is 6.99. The molecule has 0 radical (unpaired) electrons. The highest BCUT2D eigenvalue weighted by Crippen LogP contribution is 2.20. The number of hydrogen-bond acceptors (Lipinski definition) is 5. The second-order valence-corrected chi connectivity index (χ2v) is 9.25. The average Bonchev–Trinajstić information content (AvgIpc) is 2.73. The van der Waals surface area contributed by atoms with Crippen LogP contribution >= 0.6 is 0 Å². The lowest BCUT2D eigenvalue weighted by Crippen LogP contribution is -2.32. The van der Waals surface area contributed by atoms with Crippen LogP contribution < -0.4 is 0 Å². The topological polar surface area (TPSA) is 63.7 Å². The first kappa shape index (κ1) is 25.2. The molecule has 5 nitrogen and oxygen atoms in total. The van der Waals surface area contributed by atoms with Crippen LogP contribution in [-0.2, 0) is 19.4 Å². The van der Waals surface area contributed by atoms with Crippen molar-refractivity contribution in [3.63, 3.8) is 0 Å². The molecule has 0 saturated heterocycles. The summed E-state index contributed by atoms with van der Waals surface area (Å²) in [6.45, 7) is 8.15. The van der Waals surface area contributed by atoms with Crippen LogP contribution in [0.2, 0.25) is 0 Å². The van der Waals surface area contributed by atoms with Crippen LogP contribution in [0.4, 0.5) is 0 Å².